The lowest BCUT2D eigenvalue weighted by atomic mass is 10.2. The maximum absolute atomic E-state index is 4.80. The van der Waals surface area contributed by atoms with E-state index in [0.717, 1.165) is 19.6 Å². The summed E-state index contributed by atoms with van der Waals surface area (Å²) in [6.07, 6.45) is 3.33. The van der Waals surface area contributed by atoms with E-state index in [4.69, 9.17) is 5.10 Å². The minimum atomic E-state index is 0.671. The third-order valence-electron chi connectivity index (χ3n) is 3.30. The van der Waals surface area contributed by atoms with E-state index in [1.54, 1.807) is 0 Å². The molecule has 0 amide bonds. The molecule has 110 valence electrons. The van der Waals surface area contributed by atoms with Gasteiger partial charge in [-0.25, -0.2) is 0 Å². The number of aromatic nitrogens is 2. The van der Waals surface area contributed by atoms with Gasteiger partial charge in [-0.3, -0.25) is 4.68 Å². The zero-order valence-corrected chi connectivity index (χ0v) is 13.5. The van der Waals surface area contributed by atoms with Crippen molar-refractivity contribution < 1.29 is 0 Å². The van der Waals surface area contributed by atoms with Crippen molar-refractivity contribution in [1.82, 2.24) is 15.1 Å². The second kappa shape index (κ2) is 7.70. The number of thioether (sulfide) groups is 1. The van der Waals surface area contributed by atoms with Crippen molar-refractivity contribution in [2.45, 2.75) is 33.4 Å². The van der Waals surface area contributed by atoms with E-state index in [9.17, 15) is 0 Å². The maximum Gasteiger partial charge on any atom is 0.0841 e. The molecule has 0 saturated carbocycles. The average Bonchev–Trinajstić information content (AvgIpc) is 2.78. The Morgan fingerprint density at radius 2 is 2.10 bits per heavy atom. The summed E-state index contributed by atoms with van der Waals surface area (Å²) < 4.78 is 2.16. The minimum absolute atomic E-state index is 0.671. The van der Waals surface area contributed by atoms with Gasteiger partial charge >= 0.3 is 0 Å². The van der Waals surface area contributed by atoms with Gasteiger partial charge in [-0.1, -0.05) is 32.0 Å². The van der Waals surface area contributed by atoms with Crippen molar-refractivity contribution in [3.05, 3.63) is 30.0 Å². The lowest BCUT2D eigenvalue weighted by Crippen LogP contribution is -2.19. The van der Waals surface area contributed by atoms with E-state index >= 15 is 0 Å². The second-order valence-electron chi connectivity index (χ2n) is 5.56. The Kier molecular flexibility index (Phi) is 5.92. The SMILES string of the molecule is CSCCCn1nc(CNCC(C)C)c2ccccc21. The molecular formula is C16H25N3S. The predicted molar refractivity (Wildman–Crippen MR) is 89.3 cm³/mol. The molecular weight excluding hydrogens is 266 g/mol. The van der Waals surface area contributed by atoms with Crippen molar-refractivity contribution in [2.24, 2.45) is 5.92 Å². The Balaban J connectivity index is 2.13. The van der Waals surface area contributed by atoms with Crippen molar-refractivity contribution in [3.63, 3.8) is 0 Å². The van der Waals surface area contributed by atoms with E-state index < -0.39 is 0 Å². The summed E-state index contributed by atoms with van der Waals surface area (Å²) in [4.78, 5) is 0. The van der Waals surface area contributed by atoms with Gasteiger partial charge < -0.3 is 5.32 Å². The summed E-state index contributed by atoms with van der Waals surface area (Å²) in [5.41, 5.74) is 2.43. The number of hydrogen-bond donors (Lipinski definition) is 1. The molecule has 0 bridgehead atoms. The van der Waals surface area contributed by atoms with Crippen LogP contribution in [0.1, 0.15) is 26.0 Å². The second-order valence-corrected chi connectivity index (χ2v) is 6.54. The van der Waals surface area contributed by atoms with Crippen LogP contribution < -0.4 is 5.32 Å². The average molecular weight is 291 g/mol. The first-order valence-electron chi connectivity index (χ1n) is 7.36. The van der Waals surface area contributed by atoms with E-state index in [1.165, 1.54) is 28.8 Å². The molecule has 0 fully saturated rings. The summed E-state index contributed by atoms with van der Waals surface area (Å²) in [5, 5.41) is 9.58. The molecule has 1 aromatic heterocycles. The summed E-state index contributed by atoms with van der Waals surface area (Å²) in [6.45, 7) is 7.35. The van der Waals surface area contributed by atoms with Crippen molar-refractivity contribution in [2.75, 3.05) is 18.6 Å². The standard InChI is InChI=1S/C16H25N3S/c1-13(2)11-17-12-15-14-7-4-5-8-16(14)19(18-15)9-6-10-20-3/h4-5,7-8,13,17H,6,9-12H2,1-3H3. The molecule has 0 unspecified atom stereocenters. The van der Waals surface area contributed by atoms with Crippen molar-refractivity contribution in [1.29, 1.82) is 0 Å². The fourth-order valence-corrected chi connectivity index (χ4v) is 2.75. The quantitative estimate of drug-likeness (QED) is 0.755. The molecule has 3 nitrogen and oxygen atoms in total. The first-order valence-corrected chi connectivity index (χ1v) is 8.76. The van der Waals surface area contributed by atoms with Gasteiger partial charge in [0.1, 0.15) is 0 Å². The third kappa shape index (κ3) is 4.00. The van der Waals surface area contributed by atoms with Crippen molar-refractivity contribution >= 4 is 22.7 Å². The molecule has 0 aliphatic heterocycles. The van der Waals surface area contributed by atoms with Crippen LogP contribution in [-0.4, -0.2) is 28.3 Å². The van der Waals surface area contributed by atoms with Gasteiger partial charge in [0.05, 0.1) is 11.2 Å². The van der Waals surface area contributed by atoms with Gasteiger partial charge in [0.15, 0.2) is 0 Å². The highest BCUT2D eigenvalue weighted by atomic mass is 32.2. The third-order valence-corrected chi connectivity index (χ3v) is 3.99. The molecule has 0 atom stereocenters. The lowest BCUT2D eigenvalue weighted by molar-refractivity contribution is 0.540. The molecule has 20 heavy (non-hydrogen) atoms. The highest BCUT2D eigenvalue weighted by Gasteiger charge is 2.09. The van der Waals surface area contributed by atoms with E-state index in [-0.39, 0.29) is 0 Å². The van der Waals surface area contributed by atoms with Crippen LogP contribution in [0.25, 0.3) is 10.9 Å². The first-order chi connectivity index (χ1) is 9.72. The number of fused-ring (bicyclic) bond motifs is 1. The monoisotopic (exact) mass is 291 g/mol. The molecule has 0 spiro atoms. The molecule has 2 rings (SSSR count). The van der Waals surface area contributed by atoms with Crippen LogP contribution in [0.15, 0.2) is 24.3 Å². The van der Waals surface area contributed by atoms with Gasteiger partial charge in [0, 0.05) is 18.5 Å². The number of hydrogen-bond acceptors (Lipinski definition) is 3. The Bertz CT molecular complexity index is 534. The fraction of sp³-hybridized carbons (Fsp3) is 0.562. The van der Waals surface area contributed by atoms with E-state index in [0.29, 0.717) is 5.92 Å². The summed E-state index contributed by atoms with van der Waals surface area (Å²) >= 11 is 1.90. The van der Waals surface area contributed by atoms with Gasteiger partial charge in [-0.15, -0.1) is 0 Å². The van der Waals surface area contributed by atoms with Gasteiger partial charge in [0.2, 0.25) is 0 Å². The van der Waals surface area contributed by atoms with Crippen LogP contribution in [0.4, 0.5) is 0 Å². The topological polar surface area (TPSA) is 29.9 Å². The number of aryl methyl sites for hydroxylation is 1. The largest absolute Gasteiger partial charge is 0.311 e. The predicted octanol–water partition coefficient (Wildman–Crippen LogP) is 3.54. The van der Waals surface area contributed by atoms with Crippen LogP contribution in [0.2, 0.25) is 0 Å². The van der Waals surface area contributed by atoms with Gasteiger partial charge in [0.25, 0.3) is 0 Å². The van der Waals surface area contributed by atoms with Gasteiger partial charge in [-0.2, -0.15) is 16.9 Å². The minimum Gasteiger partial charge on any atom is -0.311 e. The zero-order valence-electron chi connectivity index (χ0n) is 12.7. The molecule has 2 aromatic rings. The Morgan fingerprint density at radius 1 is 1.30 bits per heavy atom. The summed E-state index contributed by atoms with van der Waals surface area (Å²) in [6, 6.07) is 8.55. The highest BCUT2D eigenvalue weighted by molar-refractivity contribution is 7.98. The van der Waals surface area contributed by atoms with Crippen LogP contribution in [0.3, 0.4) is 0 Å². The summed E-state index contributed by atoms with van der Waals surface area (Å²) in [7, 11) is 0. The molecule has 1 aromatic carbocycles. The normalized spacial score (nSPS) is 11.6. The molecule has 0 aliphatic rings. The van der Waals surface area contributed by atoms with E-state index in [2.05, 4.69) is 54.4 Å². The number of benzene rings is 1. The zero-order chi connectivity index (χ0) is 14.4. The van der Waals surface area contributed by atoms with Crippen LogP contribution in [0, 0.1) is 5.92 Å². The van der Waals surface area contributed by atoms with E-state index in [1.807, 2.05) is 11.8 Å². The molecule has 1 heterocycles. The Morgan fingerprint density at radius 3 is 2.85 bits per heavy atom. The van der Waals surface area contributed by atoms with Crippen LogP contribution >= 0.6 is 11.8 Å². The summed E-state index contributed by atoms with van der Waals surface area (Å²) in [5.74, 6) is 1.86. The molecule has 0 radical (unpaired) electrons. The highest BCUT2D eigenvalue weighted by Crippen LogP contribution is 2.19. The molecule has 4 heteroatoms. The smallest absolute Gasteiger partial charge is 0.0841 e. The number of rotatable bonds is 8. The number of para-hydroxylation sites is 1. The number of nitrogens with one attached hydrogen (secondary N) is 1. The Labute approximate surface area is 126 Å². The number of nitrogens with zero attached hydrogens (tertiary/aromatic N) is 2. The van der Waals surface area contributed by atoms with Gasteiger partial charge in [-0.05, 0) is 37.0 Å². The van der Waals surface area contributed by atoms with Crippen molar-refractivity contribution in [3.8, 4) is 0 Å². The molecule has 0 saturated heterocycles. The maximum atomic E-state index is 4.80. The Hall–Kier alpha value is -1.00. The first kappa shape index (κ1) is 15.4. The lowest BCUT2D eigenvalue weighted by Gasteiger charge is -2.05. The molecule has 1 N–H and O–H groups in total. The van der Waals surface area contributed by atoms with Crippen LogP contribution in [0.5, 0.6) is 0 Å². The molecule has 0 aliphatic carbocycles. The van der Waals surface area contributed by atoms with Crippen LogP contribution in [-0.2, 0) is 13.1 Å². The fourth-order valence-electron chi connectivity index (χ4n) is 2.34.